The number of hydrogen-bond acceptors (Lipinski definition) is 4. The number of hydrogen-bond donors (Lipinski definition) is 3. The van der Waals surface area contributed by atoms with Crippen LogP contribution < -0.4 is 5.32 Å². The second kappa shape index (κ2) is 10.8. The second-order valence-corrected chi connectivity index (χ2v) is 9.98. The average Bonchev–Trinajstić information content (AvgIpc) is 3.56. The normalized spacial score (nSPS) is 11.5. The van der Waals surface area contributed by atoms with Crippen molar-refractivity contribution in [3.8, 4) is 0 Å². The molecule has 3 N–H and O–H groups in total. The molecular formula is C31H25N5OS. The van der Waals surface area contributed by atoms with Gasteiger partial charge in [0.05, 0.1) is 22.5 Å². The summed E-state index contributed by atoms with van der Waals surface area (Å²) >= 11 is 1.57. The molecule has 0 aliphatic heterocycles. The maximum absolute atomic E-state index is 13.1. The third kappa shape index (κ3) is 5.10. The van der Waals surface area contributed by atoms with Gasteiger partial charge < -0.3 is 10.3 Å². The molecule has 0 fully saturated rings. The zero-order valence-electron chi connectivity index (χ0n) is 20.5. The van der Waals surface area contributed by atoms with Crippen LogP contribution in [0.2, 0.25) is 0 Å². The summed E-state index contributed by atoms with van der Waals surface area (Å²) in [6, 6.07) is 27.9. The van der Waals surface area contributed by atoms with Crippen LogP contribution in [0.5, 0.6) is 0 Å². The highest BCUT2D eigenvalue weighted by Gasteiger charge is 2.13. The van der Waals surface area contributed by atoms with E-state index >= 15 is 0 Å². The van der Waals surface area contributed by atoms with E-state index in [4.69, 9.17) is 0 Å². The van der Waals surface area contributed by atoms with E-state index in [-0.39, 0.29) is 5.91 Å². The zero-order valence-corrected chi connectivity index (χ0v) is 21.3. The molecule has 6 rings (SSSR count). The molecule has 1 amide bonds. The SMILES string of the molecule is O=C(NCCc1c[nH]c2ccccc12)c1ccccc1Sc1ccc2c(/C=C/c3ccccn3)n[nH]c2c1. The molecular weight excluding hydrogens is 490 g/mol. The van der Waals surface area contributed by atoms with Gasteiger partial charge in [0.25, 0.3) is 5.91 Å². The van der Waals surface area contributed by atoms with Gasteiger partial charge in [0, 0.05) is 45.0 Å². The third-order valence-electron chi connectivity index (χ3n) is 6.38. The standard InChI is InChI=1S/C31H25N5OS/c37-31(33-18-16-21-20-34-27-10-3-1-8-24(21)27)26-9-2-4-11-30(26)38-23-13-14-25-28(35-36-29(25)19-23)15-12-22-7-5-6-17-32-22/h1-15,17,19-20,34H,16,18H2,(H,33,37)(H,35,36)/b15-12+. The minimum absolute atomic E-state index is 0.0718. The maximum atomic E-state index is 13.1. The Balaban J connectivity index is 1.14. The number of pyridine rings is 1. The summed E-state index contributed by atoms with van der Waals surface area (Å²) in [4.78, 5) is 22.6. The van der Waals surface area contributed by atoms with Crippen molar-refractivity contribution in [3.05, 3.63) is 120 Å². The summed E-state index contributed by atoms with van der Waals surface area (Å²) < 4.78 is 0. The lowest BCUT2D eigenvalue weighted by Crippen LogP contribution is -2.26. The van der Waals surface area contributed by atoms with Crippen molar-refractivity contribution >= 4 is 51.6 Å². The summed E-state index contributed by atoms with van der Waals surface area (Å²) in [5.74, 6) is -0.0718. The first-order chi connectivity index (χ1) is 18.7. The quantitative estimate of drug-likeness (QED) is 0.210. The second-order valence-electron chi connectivity index (χ2n) is 8.87. The molecule has 0 bridgehead atoms. The van der Waals surface area contributed by atoms with Crippen LogP contribution in [0, 0.1) is 0 Å². The number of nitrogens with one attached hydrogen (secondary N) is 3. The molecule has 3 aromatic heterocycles. The van der Waals surface area contributed by atoms with Crippen molar-refractivity contribution in [1.29, 1.82) is 0 Å². The fraction of sp³-hybridized carbons (Fsp3) is 0.0645. The number of benzene rings is 3. The van der Waals surface area contributed by atoms with Gasteiger partial charge in [0.2, 0.25) is 0 Å². The lowest BCUT2D eigenvalue weighted by molar-refractivity contribution is 0.0951. The molecule has 0 saturated heterocycles. The predicted molar refractivity (Wildman–Crippen MR) is 154 cm³/mol. The number of carbonyl (C=O) groups excluding carboxylic acids is 1. The number of aromatic amines is 2. The Labute approximate surface area is 224 Å². The number of fused-ring (bicyclic) bond motifs is 2. The molecule has 3 heterocycles. The number of amides is 1. The molecule has 0 atom stereocenters. The smallest absolute Gasteiger partial charge is 0.252 e. The van der Waals surface area contributed by atoms with Crippen molar-refractivity contribution in [3.63, 3.8) is 0 Å². The van der Waals surface area contributed by atoms with E-state index in [0.717, 1.165) is 44.0 Å². The lowest BCUT2D eigenvalue weighted by Gasteiger charge is -2.10. The average molecular weight is 516 g/mol. The number of nitrogens with zero attached hydrogens (tertiary/aromatic N) is 2. The van der Waals surface area contributed by atoms with Crippen molar-refractivity contribution in [2.45, 2.75) is 16.2 Å². The van der Waals surface area contributed by atoms with Gasteiger partial charge in [-0.05, 0) is 72.7 Å². The largest absolute Gasteiger partial charge is 0.361 e. The van der Waals surface area contributed by atoms with E-state index in [1.807, 2.05) is 72.9 Å². The van der Waals surface area contributed by atoms with Crippen LogP contribution in [0.15, 0.2) is 107 Å². The first kappa shape index (κ1) is 23.8. The molecule has 0 unspecified atom stereocenters. The van der Waals surface area contributed by atoms with Crippen molar-refractivity contribution in [2.24, 2.45) is 0 Å². The molecule has 3 aromatic carbocycles. The number of carbonyl (C=O) groups is 1. The van der Waals surface area contributed by atoms with Crippen molar-refractivity contribution < 1.29 is 4.79 Å². The number of aromatic nitrogens is 4. The lowest BCUT2D eigenvalue weighted by atomic mass is 10.1. The van der Waals surface area contributed by atoms with Crippen molar-refractivity contribution in [1.82, 2.24) is 25.5 Å². The Morgan fingerprint density at radius 1 is 0.895 bits per heavy atom. The molecule has 0 saturated carbocycles. The molecule has 0 spiro atoms. The minimum Gasteiger partial charge on any atom is -0.361 e. The molecule has 0 aliphatic carbocycles. The van der Waals surface area contributed by atoms with Gasteiger partial charge in [0.1, 0.15) is 0 Å². The summed E-state index contributed by atoms with van der Waals surface area (Å²) in [5, 5.41) is 12.9. The third-order valence-corrected chi connectivity index (χ3v) is 7.44. The number of rotatable bonds is 8. The highest BCUT2D eigenvalue weighted by atomic mass is 32.2. The number of para-hydroxylation sites is 1. The van der Waals surface area contributed by atoms with Crippen LogP contribution in [-0.4, -0.2) is 32.6 Å². The van der Waals surface area contributed by atoms with Gasteiger partial charge in [-0.2, -0.15) is 5.10 Å². The highest BCUT2D eigenvalue weighted by molar-refractivity contribution is 7.99. The Morgan fingerprint density at radius 3 is 2.68 bits per heavy atom. The first-order valence-electron chi connectivity index (χ1n) is 12.4. The molecule has 0 aliphatic rings. The van der Waals surface area contributed by atoms with Gasteiger partial charge in [-0.1, -0.05) is 48.2 Å². The first-order valence-corrected chi connectivity index (χ1v) is 13.2. The zero-order chi connectivity index (χ0) is 25.7. The highest BCUT2D eigenvalue weighted by Crippen LogP contribution is 2.33. The van der Waals surface area contributed by atoms with Crippen molar-refractivity contribution in [2.75, 3.05) is 6.54 Å². The minimum atomic E-state index is -0.0718. The van der Waals surface area contributed by atoms with E-state index in [1.165, 1.54) is 10.9 Å². The Kier molecular flexibility index (Phi) is 6.74. The monoisotopic (exact) mass is 515 g/mol. The van der Waals surface area contributed by atoms with Crippen LogP contribution in [0.4, 0.5) is 0 Å². The van der Waals surface area contributed by atoms with Gasteiger partial charge >= 0.3 is 0 Å². The summed E-state index contributed by atoms with van der Waals surface area (Å²) in [7, 11) is 0. The van der Waals surface area contributed by atoms with E-state index in [2.05, 4.69) is 55.8 Å². The summed E-state index contributed by atoms with van der Waals surface area (Å²) in [6.45, 7) is 0.564. The molecule has 186 valence electrons. The Morgan fingerprint density at radius 2 is 1.76 bits per heavy atom. The van der Waals surface area contributed by atoms with Crippen LogP contribution in [0.3, 0.4) is 0 Å². The van der Waals surface area contributed by atoms with Crippen LogP contribution >= 0.6 is 11.8 Å². The molecule has 6 nitrogen and oxygen atoms in total. The molecule has 38 heavy (non-hydrogen) atoms. The van der Waals surface area contributed by atoms with E-state index in [9.17, 15) is 4.79 Å². The fourth-order valence-corrected chi connectivity index (χ4v) is 5.45. The van der Waals surface area contributed by atoms with E-state index in [1.54, 1.807) is 18.0 Å². The topological polar surface area (TPSA) is 86.5 Å². The van der Waals surface area contributed by atoms with Crippen LogP contribution in [0.25, 0.3) is 34.0 Å². The van der Waals surface area contributed by atoms with E-state index in [0.29, 0.717) is 12.1 Å². The van der Waals surface area contributed by atoms with Crippen LogP contribution in [-0.2, 0) is 6.42 Å². The van der Waals surface area contributed by atoms with Gasteiger partial charge in [0.15, 0.2) is 0 Å². The fourth-order valence-electron chi connectivity index (χ4n) is 4.46. The molecule has 6 aromatic rings. The molecule has 7 heteroatoms. The Hall–Kier alpha value is -4.62. The maximum Gasteiger partial charge on any atom is 0.252 e. The van der Waals surface area contributed by atoms with Gasteiger partial charge in [-0.25, -0.2) is 0 Å². The van der Waals surface area contributed by atoms with Gasteiger partial charge in [-0.3, -0.25) is 14.9 Å². The number of H-pyrrole nitrogens is 2. The van der Waals surface area contributed by atoms with Gasteiger partial charge in [-0.15, -0.1) is 0 Å². The van der Waals surface area contributed by atoms with E-state index < -0.39 is 0 Å². The Bertz CT molecular complexity index is 1750. The summed E-state index contributed by atoms with van der Waals surface area (Å²) in [6.07, 6.45) is 8.47. The predicted octanol–water partition coefficient (Wildman–Crippen LogP) is 6.73. The summed E-state index contributed by atoms with van der Waals surface area (Å²) in [5.41, 5.74) is 5.66. The van der Waals surface area contributed by atoms with Crippen LogP contribution in [0.1, 0.15) is 27.3 Å². The molecule has 0 radical (unpaired) electrons.